The summed E-state index contributed by atoms with van der Waals surface area (Å²) in [7, 11) is 0. The molecule has 3 rings (SSSR count). The van der Waals surface area contributed by atoms with Gasteiger partial charge in [0.15, 0.2) is 0 Å². The molecule has 2 aromatic rings. The largest absolute Gasteiger partial charge is 0.489 e. The van der Waals surface area contributed by atoms with E-state index in [1.807, 2.05) is 30.3 Å². The van der Waals surface area contributed by atoms with E-state index in [4.69, 9.17) is 4.74 Å². The van der Waals surface area contributed by atoms with Crippen molar-refractivity contribution in [1.29, 1.82) is 0 Å². The van der Waals surface area contributed by atoms with E-state index in [-0.39, 0.29) is 17.9 Å². The van der Waals surface area contributed by atoms with E-state index in [2.05, 4.69) is 0 Å². The molecule has 0 saturated heterocycles. The van der Waals surface area contributed by atoms with E-state index in [1.54, 1.807) is 0 Å². The zero-order valence-corrected chi connectivity index (χ0v) is 12.4. The average Bonchev–Trinajstić information content (AvgIpc) is 2.50. The molecule has 0 aliphatic heterocycles. The molecule has 122 valence electrons. The van der Waals surface area contributed by atoms with Crippen LogP contribution in [0.4, 0.5) is 13.2 Å². The van der Waals surface area contributed by atoms with Crippen molar-refractivity contribution in [3.05, 3.63) is 65.2 Å². The lowest BCUT2D eigenvalue weighted by Gasteiger charge is -2.37. The van der Waals surface area contributed by atoms with Crippen molar-refractivity contribution >= 4 is 0 Å². The predicted octanol–water partition coefficient (Wildman–Crippen LogP) is 4.66. The molecule has 0 amide bonds. The van der Waals surface area contributed by atoms with Gasteiger partial charge in [0.25, 0.3) is 0 Å². The molecule has 1 fully saturated rings. The van der Waals surface area contributed by atoms with Crippen molar-refractivity contribution in [2.45, 2.75) is 37.6 Å². The molecular weight excluding hydrogens is 305 g/mol. The van der Waals surface area contributed by atoms with E-state index >= 15 is 0 Å². The minimum atomic E-state index is -4.47. The van der Waals surface area contributed by atoms with Crippen LogP contribution in [0.25, 0.3) is 0 Å². The molecule has 1 saturated carbocycles. The van der Waals surface area contributed by atoms with Gasteiger partial charge in [-0.25, -0.2) is 0 Å². The Morgan fingerprint density at radius 2 is 1.74 bits per heavy atom. The maximum absolute atomic E-state index is 13.1. The van der Waals surface area contributed by atoms with Crippen LogP contribution >= 0.6 is 0 Å². The highest BCUT2D eigenvalue weighted by Crippen LogP contribution is 2.44. The van der Waals surface area contributed by atoms with Crippen LogP contribution in [0.15, 0.2) is 48.5 Å². The molecule has 1 N–H and O–H groups in total. The highest BCUT2D eigenvalue weighted by molar-refractivity contribution is 5.39. The molecule has 23 heavy (non-hydrogen) atoms. The van der Waals surface area contributed by atoms with Crippen LogP contribution in [0, 0.1) is 0 Å². The first-order chi connectivity index (χ1) is 10.9. The second kappa shape index (κ2) is 5.89. The van der Waals surface area contributed by atoms with Gasteiger partial charge in [-0.05, 0) is 48.6 Å². The van der Waals surface area contributed by atoms with Gasteiger partial charge in [-0.15, -0.1) is 0 Å². The number of halogens is 3. The summed E-state index contributed by atoms with van der Waals surface area (Å²) < 4.78 is 44.8. The molecule has 1 aliphatic rings. The van der Waals surface area contributed by atoms with E-state index in [1.165, 1.54) is 6.07 Å². The van der Waals surface area contributed by atoms with Gasteiger partial charge in [-0.3, -0.25) is 0 Å². The lowest BCUT2D eigenvalue weighted by Crippen LogP contribution is -2.33. The first-order valence-corrected chi connectivity index (χ1v) is 7.49. The quantitative estimate of drug-likeness (QED) is 0.887. The van der Waals surface area contributed by atoms with Crippen molar-refractivity contribution in [2.75, 3.05) is 0 Å². The molecule has 2 nitrogen and oxygen atoms in total. The van der Waals surface area contributed by atoms with Crippen LogP contribution in [-0.2, 0) is 18.4 Å². The number of rotatable bonds is 4. The van der Waals surface area contributed by atoms with Crippen molar-refractivity contribution in [3.63, 3.8) is 0 Å². The van der Waals surface area contributed by atoms with E-state index < -0.39 is 17.3 Å². The van der Waals surface area contributed by atoms with Crippen molar-refractivity contribution in [3.8, 4) is 5.75 Å². The third-order valence-electron chi connectivity index (χ3n) is 4.20. The summed E-state index contributed by atoms with van der Waals surface area (Å²) in [6.45, 7) is 0.181. The maximum atomic E-state index is 13.1. The number of alkyl halides is 3. The summed E-state index contributed by atoms with van der Waals surface area (Å²) in [5.41, 5.74) is -0.805. The molecule has 0 radical (unpaired) electrons. The molecule has 1 aliphatic carbocycles. The van der Waals surface area contributed by atoms with Gasteiger partial charge >= 0.3 is 6.18 Å². The molecule has 0 heterocycles. The fourth-order valence-electron chi connectivity index (χ4n) is 2.66. The van der Waals surface area contributed by atoms with Crippen LogP contribution in [0.2, 0.25) is 0 Å². The Labute approximate surface area is 132 Å². The maximum Gasteiger partial charge on any atom is 0.416 e. The van der Waals surface area contributed by atoms with E-state index in [9.17, 15) is 18.3 Å². The van der Waals surface area contributed by atoms with Crippen molar-refractivity contribution < 1.29 is 23.0 Å². The summed E-state index contributed by atoms with van der Waals surface area (Å²) in [4.78, 5) is 0. The number of ether oxygens (including phenoxy) is 1. The van der Waals surface area contributed by atoms with E-state index in [0.29, 0.717) is 12.8 Å². The fraction of sp³-hybridized carbons (Fsp3) is 0.333. The minimum absolute atomic E-state index is 0.124. The molecular formula is C18H17F3O2. The summed E-state index contributed by atoms with van der Waals surface area (Å²) in [5, 5.41) is 10.4. The molecule has 0 unspecified atom stereocenters. The van der Waals surface area contributed by atoms with Crippen LogP contribution < -0.4 is 4.74 Å². The Bertz CT molecular complexity index is 676. The smallest absolute Gasteiger partial charge is 0.416 e. The molecule has 0 spiro atoms. The first kappa shape index (κ1) is 15.9. The summed E-state index contributed by atoms with van der Waals surface area (Å²) in [6, 6.07) is 12.7. The highest BCUT2D eigenvalue weighted by Gasteiger charge is 2.39. The highest BCUT2D eigenvalue weighted by atomic mass is 19.4. The van der Waals surface area contributed by atoms with Gasteiger partial charge in [0.1, 0.15) is 12.4 Å². The van der Waals surface area contributed by atoms with E-state index in [0.717, 1.165) is 24.1 Å². The topological polar surface area (TPSA) is 29.5 Å². The van der Waals surface area contributed by atoms with Gasteiger partial charge in [0.2, 0.25) is 0 Å². The fourth-order valence-corrected chi connectivity index (χ4v) is 2.66. The van der Waals surface area contributed by atoms with Gasteiger partial charge in [0.05, 0.1) is 11.2 Å². The summed E-state index contributed by atoms with van der Waals surface area (Å²) >= 11 is 0. The molecule has 5 heteroatoms. The summed E-state index contributed by atoms with van der Waals surface area (Å²) in [6.07, 6.45) is -2.70. The zero-order chi connectivity index (χ0) is 16.5. The number of hydrogen-bond acceptors (Lipinski definition) is 2. The lowest BCUT2D eigenvalue weighted by atomic mass is 9.75. The van der Waals surface area contributed by atoms with Gasteiger partial charge in [-0.1, -0.05) is 30.3 Å². The van der Waals surface area contributed by atoms with Gasteiger partial charge in [0, 0.05) is 0 Å². The Morgan fingerprint density at radius 3 is 2.30 bits per heavy atom. The summed E-state index contributed by atoms with van der Waals surface area (Å²) in [5.74, 6) is 0.124. The monoisotopic (exact) mass is 322 g/mol. The van der Waals surface area contributed by atoms with Crippen molar-refractivity contribution in [2.24, 2.45) is 0 Å². The third-order valence-corrected chi connectivity index (χ3v) is 4.20. The second-order valence-electron chi connectivity index (χ2n) is 5.90. The molecule has 0 bridgehead atoms. The number of hydrogen-bond donors (Lipinski definition) is 1. The number of aliphatic hydroxyl groups is 1. The normalized spacial score (nSPS) is 16.7. The zero-order valence-electron chi connectivity index (χ0n) is 12.4. The van der Waals surface area contributed by atoms with Crippen LogP contribution in [-0.4, -0.2) is 5.11 Å². The number of benzene rings is 2. The van der Waals surface area contributed by atoms with Crippen LogP contribution in [0.1, 0.15) is 36.0 Å². The standard InChI is InChI=1S/C18H17F3O2/c19-18(20,21)15-9-14(17(22)7-4-8-17)10-16(11-15)23-12-13-5-2-1-3-6-13/h1-3,5-6,9-11,22H,4,7-8,12H2. The SMILES string of the molecule is OC1(c2cc(OCc3ccccc3)cc(C(F)(F)F)c2)CCC1. The molecule has 0 aromatic heterocycles. The Hall–Kier alpha value is -2.01. The van der Waals surface area contributed by atoms with Gasteiger partial charge < -0.3 is 9.84 Å². The van der Waals surface area contributed by atoms with Gasteiger partial charge in [-0.2, -0.15) is 13.2 Å². The lowest BCUT2D eigenvalue weighted by molar-refractivity contribution is -0.138. The average molecular weight is 322 g/mol. The van der Waals surface area contributed by atoms with Crippen LogP contribution in [0.5, 0.6) is 5.75 Å². The third kappa shape index (κ3) is 3.50. The first-order valence-electron chi connectivity index (χ1n) is 7.49. The predicted molar refractivity (Wildman–Crippen MR) is 80.0 cm³/mol. The molecule has 0 atom stereocenters. The van der Waals surface area contributed by atoms with Crippen LogP contribution in [0.3, 0.4) is 0 Å². The Balaban J connectivity index is 1.88. The molecule has 2 aromatic carbocycles. The van der Waals surface area contributed by atoms with Crippen molar-refractivity contribution in [1.82, 2.24) is 0 Å². The second-order valence-corrected chi connectivity index (χ2v) is 5.90. The Kier molecular flexibility index (Phi) is 4.06. The Morgan fingerprint density at radius 1 is 1.04 bits per heavy atom. The minimum Gasteiger partial charge on any atom is -0.489 e.